The molecule has 0 radical (unpaired) electrons. The van der Waals surface area contributed by atoms with E-state index in [0.29, 0.717) is 32.4 Å². The van der Waals surface area contributed by atoms with Gasteiger partial charge in [0.05, 0.1) is 17.1 Å². The molecule has 1 heterocycles. The molecule has 1 fully saturated rings. The first-order valence-corrected chi connectivity index (χ1v) is 11.0. The van der Waals surface area contributed by atoms with Gasteiger partial charge in [0.2, 0.25) is 0 Å². The summed E-state index contributed by atoms with van der Waals surface area (Å²) in [6.07, 6.45) is 1.44. The van der Waals surface area contributed by atoms with E-state index in [-0.39, 0.29) is 17.3 Å². The maximum Gasteiger partial charge on any atom is 0.343 e. The lowest BCUT2D eigenvalue weighted by atomic mass is 10.1. The molecule has 0 spiro atoms. The van der Waals surface area contributed by atoms with Gasteiger partial charge in [-0.15, -0.1) is 0 Å². The number of carbonyl (C=O) groups excluding carboxylic acids is 4. The number of halogens is 2. The van der Waals surface area contributed by atoms with Crippen LogP contribution in [0.15, 0.2) is 51.8 Å². The maximum atomic E-state index is 12.6. The van der Waals surface area contributed by atoms with E-state index in [2.05, 4.69) is 15.9 Å². The van der Waals surface area contributed by atoms with Gasteiger partial charge in [0.1, 0.15) is 12.3 Å². The van der Waals surface area contributed by atoms with E-state index in [1.165, 1.54) is 18.2 Å². The van der Waals surface area contributed by atoms with Gasteiger partial charge in [0.25, 0.3) is 11.1 Å². The van der Waals surface area contributed by atoms with Crippen LogP contribution >= 0.6 is 39.3 Å². The predicted octanol–water partition coefficient (Wildman–Crippen LogP) is 4.92. The smallest absolute Gasteiger partial charge is 0.343 e. The van der Waals surface area contributed by atoms with Gasteiger partial charge in [-0.3, -0.25) is 19.3 Å². The molecule has 0 N–H and O–H groups in total. The zero-order chi connectivity index (χ0) is 22.5. The first kappa shape index (κ1) is 23.1. The summed E-state index contributed by atoms with van der Waals surface area (Å²) in [4.78, 5) is 49.8. The summed E-state index contributed by atoms with van der Waals surface area (Å²) in [5.41, 5.74) is 0.700. The van der Waals surface area contributed by atoms with Crippen molar-refractivity contribution in [2.45, 2.75) is 6.92 Å². The van der Waals surface area contributed by atoms with E-state index >= 15 is 0 Å². The largest absolute Gasteiger partial charge is 0.465 e. The molecule has 3 rings (SSSR count). The van der Waals surface area contributed by atoms with Gasteiger partial charge >= 0.3 is 11.9 Å². The molecule has 0 aromatic heterocycles. The predicted molar refractivity (Wildman–Crippen MR) is 120 cm³/mol. The standard InChI is InChI=1S/C21H15BrClNO6S/c1-2-29-18(25)11-24-19(26)17(31-21(24)28)10-13-9-14(22)5-8-16(13)30-20(27)12-3-6-15(23)7-4-12/h3-10H,2,11H2,1H3/b17-10-. The van der Waals surface area contributed by atoms with Gasteiger partial charge in [-0.05, 0) is 67.2 Å². The Balaban J connectivity index is 1.85. The molecule has 1 aliphatic rings. The Hall–Kier alpha value is -2.62. The second-order valence-corrected chi connectivity index (χ2v) is 8.50. The molecule has 2 amide bonds. The highest BCUT2D eigenvalue weighted by Crippen LogP contribution is 2.35. The fourth-order valence-corrected chi connectivity index (χ4v) is 3.92. The number of ether oxygens (including phenoxy) is 2. The fraction of sp³-hybridized carbons (Fsp3) is 0.143. The number of rotatable bonds is 6. The lowest BCUT2D eigenvalue weighted by Crippen LogP contribution is -2.34. The van der Waals surface area contributed by atoms with Crippen molar-refractivity contribution >= 4 is 68.5 Å². The van der Waals surface area contributed by atoms with Crippen LogP contribution in [0.3, 0.4) is 0 Å². The Morgan fingerprint density at radius 3 is 2.55 bits per heavy atom. The highest BCUT2D eigenvalue weighted by Gasteiger charge is 2.36. The SMILES string of the molecule is CCOC(=O)CN1C(=O)S/C(=C\c2cc(Br)ccc2OC(=O)c2ccc(Cl)cc2)C1=O. The number of hydrogen-bond donors (Lipinski definition) is 0. The lowest BCUT2D eigenvalue weighted by Gasteiger charge is -2.11. The minimum atomic E-state index is -0.675. The van der Waals surface area contributed by atoms with Gasteiger partial charge in [-0.2, -0.15) is 0 Å². The molecule has 0 atom stereocenters. The molecule has 1 aliphatic heterocycles. The summed E-state index contributed by atoms with van der Waals surface area (Å²) < 4.78 is 11.0. The number of amides is 2. The Labute approximate surface area is 195 Å². The monoisotopic (exact) mass is 523 g/mol. The summed E-state index contributed by atoms with van der Waals surface area (Å²) in [6.45, 7) is 1.31. The number of nitrogens with zero attached hydrogens (tertiary/aromatic N) is 1. The Morgan fingerprint density at radius 2 is 1.87 bits per heavy atom. The molecule has 7 nitrogen and oxygen atoms in total. The summed E-state index contributed by atoms with van der Waals surface area (Å²) in [7, 11) is 0. The molecule has 0 unspecified atom stereocenters. The molecule has 0 saturated carbocycles. The second-order valence-electron chi connectivity index (χ2n) is 6.15. The molecule has 2 aromatic rings. The zero-order valence-electron chi connectivity index (χ0n) is 16.1. The number of imide groups is 1. The van der Waals surface area contributed by atoms with Crippen molar-refractivity contribution in [1.82, 2.24) is 4.90 Å². The molecule has 0 aliphatic carbocycles. The zero-order valence-corrected chi connectivity index (χ0v) is 19.3. The summed E-state index contributed by atoms with van der Waals surface area (Å²) >= 11 is 9.87. The van der Waals surface area contributed by atoms with Crippen molar-refractivity contribution in [3.8, 4) is 5.75 Å². The Morgan fingerprint density at radius 1 is 1.16 bits per heavy atom. The van der Waals surface area contributed by atoms with Gasteiger partial charge in [-0.25, -0.2) is 4.79 Å². The molecule has 2 aromatic carbocycles. The minimum Gasteiger partial charge on any atom is -0.465 e. The van der Waals surface area contributed by atoms with E-state index in [1.54, 1.807) is 37.3 Å². The number of carbonyl (C=O) groups is 4. The van der Waals surface area contributed by atoms with E-state index in [0.717, 1.165) is 4.90 Å². The number of thioether (sulfide) groups is 1. The second kappa shape index (κ2) is 10.1. The molecule has 0 bridgehead atoms. The average Bonchev–Trinajstić information content (AvgIpc) is 2.98. The summed E-state index contributed by atoms with van der Waals surface area (Å²) in [5, 5.41) is -0.0987. The van der Waals surface area contributed by atoms with Crippen LogP contribution in [0.4, 0.5) is 4.79 Å². The van der Waals surface area contributed by atoms with Crippen molar-refractivity contribution in [1.29, 1.82) is 0 Å². The van der Waals surface area contributed by atoms with Crippen LogP contribution in [0.1, 0.15) is 22.8 Å². The Kier molecular flexibility index (Phi) is 7.53. The van der Waals surface area contributed by atoms with Crippen LogP contribution in [0.2, 0.25) is 5.02 Å². The summed E-state index contributed by atoms with van der Waals surface area (Å²) in [5.74, 6) is -1.71. The first-order valence-electron chi connectivity index (χ1n) is 8.96. The number of hydrogen-bond acceptors (Lipinski definition) is 7. The van der Waals surface area contributed by atoms with Crippen LogP contribution in [-0.4, -0.2) is 41.1 Å². The van der Waals surface area contributed by atoms with Gasteiger partial charge < -0.3 is 9.47 Å². The number of esters is 2. The quantitative estimate of drug-likeness (QED) is 0.301. The van der Waals surface area contributed by atoms with Crippen LogP contribution in [0.5, 0.6) is 5.75 Å². The van der Waals surface area contributed by atoms with E-state index in [1.807, 2.05) is 0 Å². The van der Waals surface area contributed by atoms with Gasteiger partial charge in [0, 0.05) is 15.1 Å². The maximum absolute atomic E-state index is 12.6. The molecule has 31 heavy (non-hydrogen) atoms. The highest BCUT2D eigenvalue weighted by molar-refractivity contribution is 9.10. The van der Waals surface area contributed by atoms with Crippen molar-refractivity contribution in [3.63, 3.8) is 0 Å². The molecule has 160 valence electrons. The van der Waals surface area contributed by atoms with Crippen LogP contribution in [-0.2, 0) is 14.3 Å². The summed E-state index contributed by atoms with van der Waals surface area (Å²) in [6, 6.07) is 11.1. The van der Waals surface area contributed by atoms with Crippen molar-refractivity contribution < 1.29 is 28.7 Å². The average molecular weight is 525 g/mol. The van der Waals surface area contributed by atoms with E-state index < -0.39 is 29.6 Å². The first-order chi connectivity index (χ1) is 14.8. The lowest BCUT2D eigenvalue weighted by molar-refractivity contribution is -0.145. The topological polar surface area (TPSA) is 90.0 Å². The minimum absolute atomic E-state index is 0.0937. The molecule has 1 saturated heterocycles. The molecular weight excluding hydrogens is 510 g/mol. The molecular formula is C21H15BrClNO6S. The Bertz CT molecular complexity index is 1090. The van der Waals surface area contributed by atoms with Crippen LogP contribution in [0.25, 0.3) is 6.08 Å². The third kappa shape index (κ3) is 5.75. The van der Waals surface area contributed by atoms with Crippen molar-refractivity contribution in [2.24, 2.45) is 0 Å². The number of benzene rings is 2. The van der Waals surface area contributed by atoms with Crippen LogP contribution < -0.4 is 4.74 Å². The van der Waals surface area contributed by atoms with Gasteiger partial charge in [0.15, 0.2) is 0 Å². The van der Waals surface area contributed by atoms with E-state index in [4.69, 9.17) is 21.1 Å². The van der Waals surface area contributed by atoms with E-state index in [9.17, 15) is 19.2 Å². The van der Waals surface area contributed by atoms with Crippen molar-refractivity contribution in [2.75, 3.05) is 13.2 Å². The van der Waals surface area contributed by atoms with Crippen molar-refractivity contribution in [3.05, 3.63) is 68.0 Å². The molecule has 10 heteroatoms. The van der Waals surface area contributed by atoms with Crippen LogP contribution in [0, 0.1) is 0 Å². The van der Waals surface area contributed by atoms with Gasteiger partial charge in [-0.1, -0.05) is 27.5 Å². The normalized spacial score (nSPS) is 14.8. The third-order valence-electron chi connectivity index (χ3n) is 4.01. The third-order valence-corrected chi connectivity index (χ3v) is 5.66. The fourth-order valence-electron chi connectivity index (χ4n) is 2.58. The highest BCUT2D eigenvalue weighted by atomic mass is 79.9.